The van der Waals surface area contributed by atoms with Crippen LogP contribution in [0.15, 0.2) is 0 Å². The molecule has 3 heterocycles. The number of nitrogens with one attached hydrogen (secondary N) is 3. The highest BCUT2D eigenvalue weighted by molar-refractivity contribution is 7.17. The number of imidazole rings is 1. The molecule has 1 fully saturated rings. The molecule has 4 N–H and O–H groups in total. The largest absolute Gasteiger partial charge is 0.477 e. The number of aryl methyl sites for hydroxylation is 1. The molecular weight excluding hydrogens is 444 g/mol. The maximum Gasteiger partial charge on any atom is 0.347 e. The first-order chi connectivity index (χ1) is 14.9. The SMILES string of the molecule is CCO[C@@H]1CN(c2nc(CNC)c(C(=O)O)s2)CC[C@@H]1NC(=O)c1nc(Cl)c(CC)[nH]1. The molecular formula is C19H27ClN6O4S. The Balaban J connectivity index is 1.72. The van der Waals surface area contributed by atoms with Crippen molar-refractivity contribution in [2.45, 2.75) is 45.4 Å². The summed E-state index contributed by atoms with van der Waals surface area (Å²) in [6.07, 6.45) is 0.999. The van der Waals surface area contributed by atoms with Gasteiger partial charge in [-0.3, -0.25) is 4.79 Å². The number of thiazole rings is 1. The van der Waals surface area contributed by atoms with E-state index in [1.165, 1.54) is 0 Å². The number of ether oxygens (including phenoxy) is 1. The number of carboxylic acid groups (broad SMARTS) is 1. The van der Waals surface area contributed by atoms with Crippen LogP contribution in [0.1, 0.15) is 51.9 Å². The van der Waals surface area contributed by atoms with Crippen molar-refractivity contribution in [1.29, 1.82) is 0 Å². The number of halogens is 1. The second kappa shape index (κ2) is 10.4. The van der Waals surface area contributed by atoms with Gasteiger partial charge in [0.05, 0.1) is 23.5 Å². The number of rotatable bonds is 9. The number of hydrogen-bond acceptors (Lipinski definition) is 8. The fourth-order valence-electron chi connectivity index (χ4n) is 3.53. The predicted molar refractivity (Wildman–Crippen MR) is 118 cm³/mol. The summed E-state index contributed by atoms with van der Waals surface area (Å²) in [5.41, 5.74) is 1.23. The zero-order valence-corrected chi connectivity index (χ0v) is 19.3. The minimum absolute atomic E-state index is 0.183. The van der Waals surface area contributed by atoms with E-state index in [-0.39, 0.29) is 28.8 Å². The van der Waals surface area contributed by atoms with E-state index in [0.717, 1.165) is 17.0 Å². The molecule has 0 unspecified atom stereocenters. The molecule has 31 heavy (non-hydrogen) atoms. The summed E-state index contributed by atoms with van der Waals surface area (Å²) in [6, 6.07) is -0.215. The predicted octanol–water partition coefficient (Wildman–Crippen LogP) is 1.91. The van der Waals surface area contributed by atoms with Crippen molar-refractivity contribution in [3.8, 4) is 0 Å². The van der Waals surface area contributed by atoms with Crippen LogP contribution < -0.4 is 15.5 Å². The van der Waals surface area contributed by atoms with Gasteiger partial charge >= 0.3 is 5.97 Å². The second-order valence-electron chi connectivity index (χ2n) is 7.12. The molecule has 1 aliphatic rings. The highest BCUT2D eigenvalue weighted by atomic mass is 35.5. The van der Waals surface area contributed by atoms with Gasteiger partial charge in [-0.1, -0.05) is 29.9 Å². The van der Waals surface area contributed by atoms with Crippen LogP contribution in [0.25, 0.3) is 0 Å². The van der Waals surface area contributed by atoms with Crippen molar-refractivity contribution >= 4 is 39.9 Å². The van der Waals surface area contributed by atoms with Crippen molar-refractivity contribution in [3.05, 3.63) is 27.2 Å². The molecule has 0 bridgehead atoms. The summed E-state index contributed by atoms with van der Waals surface area (Å²) in [4.78, 5) is 38.1. The summed E-state index contributed by atoms with van der Waals surface area (Å²) in [7, 11) is 1.75. The van der Waals surface area contributed by atoms with Crippen LogP contribution in [-0.4, -0.2) is 70.8 Å². The molecule has 0 aliphatic carbocycles. The average molecular weight is 471 g/mol. The molecule has 10 nitrogen and oxygen atoms in total. The Morgan fingerprint density at radius 3 is 2.77 bits per heavy atom. The number of carbonyl (C=O) groups excluding carboxylic acids is 1. The van der Waals surface area contributed by atoms with Gasteiger partial charge in [0.2, 0.25) is 0 Å². The van der Waals surface area contributed by atoms with Crippen LogP contribution in [0.5, 0.6) is 0 Å². The van der Waals surface area contributed by atoms with Gasteiger partial charge in [-0.25, -0.2) is 14.8 Å². The lowest BCUT2D eigenvalue weighted by atomic mass is 10.0. The third-order valence-electron chi connectivity index (χ3n) is 5.05. The van der Waals surface area contributed by atoms with Gasteiger partial charge in [0.15, 0.2) is 16.1 Å². The zero-order valence-electron chi connectivity index (χ0n) is 17.7. The van der Waals surface area contributed by atoms with Gasteiger partial charge in [-0.2, -0.15) is 0 Å². The minimum Gasteiger partial charge on any atom is -0.477 e. The maximum atomic E-state index is 12.7. The van der Waals surface area contributed by atoms with E-state index in [4.69, 9.17) is 16.3 Å². The molecule has 0 saturated carbocycles. The van der Waals surface area contributed by atoms with Crippen molar-refractivity contribution < 1.29 is 19.4 Å². The number of nitrogens with zero attached hydrogens (tertiary/aromatic N) is 3. The Morgan fingerprint density at radius 1 is 1.39 bits per heavy atom. The topological polar surface area (TPSA) is 132 Å². The number of carboxylic acids is 1. The molecule has 12 heteroatoms. The molecule has 1 amide bonds. The Bertz CT molecular complexity index is 933. The monoisotopic (exact) mass is 470 g/mol. The van der Waals surface area contributed by atoms with Crippen LogP contribution in [0.2, 0.25) is 5.15 Å². The van der Waals surface area contributed by atoms with Crippen LogP contribution in [0.4, 0.5) is 5.13 Å². The number of piperidine rings is 1. The molecule has 2 atom stereocenters. The molecule has 0 radical (unpaired) electrons. The second-order valence-corrected chi connectivity index (χ2v) is 8.46. The number of hydrogen-bond donors (Lipinski definition) is 4. The number of aromatic nitrogens is 3. The quantitative estimate of drug-likeness (QED) is 0.437. The van der Waals surface area contributed by atoms with E-state index in [0.29, 0.717) is 55.1 Å². The lowest BCUT2D eigenvalue weighted by molar-refractivity contribution is 0.0271. The Labute approximate surface area is 189 Å². The Kier molecular flexibility index (Phi) is 7.87. The number of carbonyl (C=O) groups is 2. The highest BCUT2D eigenvalue weighted by Gasteiger charge is 2.33. The lowest BCUT2D eigenvalue weighted by Crippen LogP contribution is -2.55. The molecule has 0 aromatic carbocycles. The van der Waals surface area contributed by atoms with E-state index < -0.39 is 5.97 Å². The summed E-state index contributed by atoms with van der Waals surface area (Å²) in [5.74, 6) is -1.13. The fraction of sp³-hybridized carbons (Fsp3) is 0.579. The number of anilines is 1. The molecule has 2 aromatic heterocycles. The number of aromatic amines is 1. The van der Waals surface area contributed by atoms with E-state index >= 15 is 0 Å². The van der Waals surface area contributed by atoms with Gasteiger partial charge in [-0.15, -0.1) is 0 Å². The van der Waals surface area contributed by atoms with Gasteiger partial charge in [0.25, 0.3) is 5.91 Å². The molecule has 2 aromatic rings. The van der Waals surface area contributed by atoms with E-state index in [1.807, 2.05) is 18.7 Å². The molecule has 1 aliphatic heterocycles. The van der Waals surface area contributed by atoms with Crippen LogP contribution in [0.3, 0.4) is 0 Å². The highest BCUT2D eigenvalue weighted by Crippen LogP contribution is 2.29. The Hall–Kier alpha value is -2.21. The number of H-pyrrole nitrogens is 1. The Morgan fingerprint density at radius 2 is 2.16 bits per heavy atom. The lowest BCUT2D eigenvalue weighted by Gasteiger charge is -2.38. The first kappa shape index (κ1) is 23.5. The van der Waals surface area contributed by atoms with Crippen molar-refractivity contribution in [1.82, 2.24) is 25.6 Å². The van der Waals surface area contributed by atoms with Gasteiger partial charge in [0, 0.05) is 26.2 Å². The van der Waals surface area contributed by atoms with Crippen molar-refractivity contribution in [2.75, 3.05) is 31.6 Å². The number of amides is 1. The smallest absolute Gasteiger partial charge is 0.347 e. The molecule has 170 valence electrons. The summed E-state index contributed by atoms with van der Waals surface area (Å²) in [6.45, 7) is 5.79. The zero-order chi connectivity index (χ0) is 22.5. The average Bonchev–Trinajstić information content (AvgIpc) is 3.33. The van der Waals surface area contributed by atoms with E-state index in [2.05, 4.69) is 25.6 Å². The van der Waals surface area contributed by atoms with Crippen LogP contribution >= 0.6 is 22.9 Å². The minimum atomic E-state index is -0.985. The van der Waals surface area contributed by atoms with E-state index in [9.17, 15) is 14.7 Å². The first-order valence-electron chi connectivity index (χ1n) is 10.2. The maximum absolute atomic E-state index is 12.7. The first-order valence-corrected chi connectivity index (χ1v) is 11.4. The van der Waals surface area contributed by atoms with Crippen LogP contribution in [0, 0.1) is 0 Å². The summed E-state index contributed by atoms with van der Waals surface area (Å²) < 4.78 is 5.90. The summed E-state index contributed by atoms with van der Waals surface area (Å²) >= 11 is 7.21. The molecule has 1 saturated heterocycles. The fourth-order valence-corrected chi connectivity index (χ4v) is 4.76. The van der Waals surface area contributed by atoms with Gasteiger partial charge in [0.1, 0.15) is 4.88 Å². The third kappa shape index (κ3) is 5.35. The molecule has 0 spiro atoms. The molecule has 3 rings (SSSR count). The third-order valence-corrected chi connectivity index (χ3v) is 6.51. The van der Waals surface area contributed by atoms with Gasteiger partial charge in [-0.05, 0) is 26.8 Å². The van der Waals surface area contributed by atoms with Crippen molar-refractivity contribution in [3.63, 3.8) is 0 Å². The standard InChI is InChI=1S/C19H27ClN6O4S/c1-4-10-15(20)25-16(22-10)17(27)23-11-6-7-26(9-13(11)30-5-2)19-24-12(8-21-3)14(31-19)18(28)29/h11,13,21H,4-9H2,1-3H3,(H,22,25)(H,23,27)(H,28,29)/t11-,13+/m0/s1. The number of aromatic carboxylic acids is 1. The van der Waals surface area contributed by atoms with E-state index in [1.54, 1.807) is 7.05 Å². The summed E-state index contributed by atoms with van der Waals surface area (Å²) in [5, 5.41) is 16.4. The van der Waals surface area contributed by atoms with Crippen LogP contribution in [-0.2, 0) is 17.7 Å². The van der Waals surface area contributed by atoms with Gasteiger partial charge < -0.3 is 30.4 Å². The van der Waals surface area contributed by atoms with Crippen molar-refractivity contribution in [2.24, 2.45) is 0 Å². The normalized spacial score (nSPS) is 18.9.